The van der Waals surface area contributed by atoms with Gasteiger partial charge in [0.1, 0.15) is 5.75 Å². The van der Waals surface area contributed by atoms with Gasteiger partial charge in [0, 0.05) is 0 Å². The number of nitrogens with two attached hydrogens (primary N) is 1. The number of hydrogen-bond donors (Lipinski definition) is 1. The van der Waals surface area contributed by atoms with Crippen LogP contribution in [0.25, 0.3) is 11.4 Å². The second kappa shape index (κ2) is 5.18. The van der Waals surface area contributed by atoms with Gasteiger partial charge in [0.2, 0.25) is 11.7 Å². The molecule has 1 aromatic carbocycles. The summed E-state index contributed by atoms with van der Waals surface area (Å²) in [7, 11) is 1.62. The summed E-state index contributed by atoms with van der Waals surface area (Å²) in [4.78, 5) is 4.31. The van der Waals surface area contributed by atoms with E-state index in [0.717, 1.165) is 23.3 Å². The van der Waals surface area contributed by atoms with Gasteiger partial charge in [0.15, 0.2) is 0 Å². The van der Waals surface area contributed by atoms with Crippen LogP contribution in [-0.2, 0) is 0 Å². The highest BCUT2D eigenvalue weighted by molar-refractivity contribution is 5.64. The molecule has 0 aliphatic rings. The summed E-state index contributed by atoms with van der Waals surface area (Å²) >= 11 is 0. The smallest absolute Gasteiger partial charge is 0.243 e. The highest BCUT2D eigenvalue weighted by Gasteiger charge is 2.16. The molecule has 0 bridgehead atoms. The standard InChI is InChI=1S/C13H17N3O2/c1-4-10(14)13-15-12(16-18-13)9-6-5-8(2)7-11(9)17-3/h5-7,10H,4,14H2,1-3H3/t10-/m1/s1. The van der Waals surface area contributed by atoms with E-state index in [2.05, 4.69) is 10.1 Å². The summed E-state index contributed by atoms with van der Waals surface area (Å²) < 4.78 is 10.5. The summed E-state index contributed by atoms with van der Waals surface area (Å²) in [6, 6.07) is 5.61. The third kappa shape index (κ3) is 2.36. The van der Waals surface area contributed by atoms with E-state index in [4.69, 9.17) is 15.0 Å². The second-order valence-electron chi connectivity index (χ2n) is 4.17. The van der Waals surface area contributed by atoms with E-state index >= 15 is 0 Å². The van der Waals surface area contributed by atoms with Crippen molar-refractivity contribution >= 4 is 0 Å². The number of ether oxygens (including phenoxy) is 1. The fourth-order valence-corrected chi connectivity index (χ4v) is 1.65. The van der Waals surface area contributed by atoms with E-state index in [9.17, 15) is 0 Å². The van der Waals surface area contributed by atoms with Gasteiger partial charge in [-0.3, -0.25) is 0 Å². The topological polar surface area (TPSA) is 74.2 Å². The molecule has 0 aliphatic heterocycles. The van der Waals surface area contributed by atoms with Crippen LogP contribution < -0.4 is 10.5 Å². The number of benzene rings is 1. The van der Waals surface area contributed by atoms with Crippen molar-refractivity contribution in [2.75, 3.05) is 7.11 Å². The first-order valence-electron chi connectivity index (χ1n) is 5.90. The summed E-state index contributed by atoms with van der Waals surface area (Å²) in [5, 5.41) is 3.95. The van der Waals surface area contributed by atoms with Crippen molar-refractivity contribution < 1.29 is 9.26 Å². The Kier molecular flexibility index (Phi) is 3.62. The zero-order chi connectivity index (χ0) is 13.1. The van der Waals surface area contributed by atoms with Crippen molar-refractivity contribution in [2.24, 2.45) is 5.73 Å². The minimum Gasteiger partial charge on any atom is -0.496 e. The average molecular weight is 247 g/mol. The lowest BCUT2D eigenvalue weighted by atomic mass is 10.1. The van der Waals surface area contributed by atoms with Gasteiger partial charge in [-0.1, -0.05) is 18.1 Å². The van der Waals surface area contributed by atoms with Gasteiger partial charge in [0.25, 0.3) is 0 Å². The summed E-state index contributed by atoms with van der Waals surface area (Å²) in [6.07, 6.45) is 0.757. The molecule has 1 atom stereocenters. The van der Waals surface area contributed by atoms with Crippen molar-refractivity contribution in [3.63, 3.8) is 0 Å². The van der Waals surface area contributed by atoms with Crippen LogP contribution in [0.2, 0.25) is 0 Å². The molecule has 0 spiro atoms. The molecule has 0 saturated carbocycles. The molecule has 5 heteroatoms. The van der Waals surface area contributed by atoms with Crippen LogP contribution in [0.5, 0.6) is 5.75 Å². The molecule has 1 aromatic heterocycles. The first-order chi connectivity index (χ1) is 8.65. The number of methoxy groups -OCH3 is 1. The molecule has 0 aliphatic carbocycles. The fraction of sp³-hybridized carbons (Fsp3) is 0.385. The molecule has 0 saturated heterocycles. The minimum atomic E-state index is -0.220. The molecular formula is C13H17N3O2. The molecular weight excluding hydrogens is 230 g/mol. The Bertz CT molecular complexity index is 537. The average Bonchev–Trinajstić information content (AvgIpc) is 2.87. The first kappa shape index (κ1) is 12.6. The lowest BCUT2D eigenvalue weighted by Crippen LogP contribution is -2.08. The Morgan fingerprint density at radius 2 is 2.22 bits per heavy atom. The number of aromatic nitrogens is 2. The molecule has 2 aromatic rings. The van der Waals surface area contributed by atoms with E-state index < -0.39 is 0 Å². The summed E-state index contributed by atoms with van der Waals surface area (Å²) in [5.41, 5.74) is 7.78. The SMILES string of the molecule is CC[C@@H](N)c1nc(-c2ccc(C)cc2OC)no1. The molecule has 0 unspecified atom stereocenters. The van der Waals surface area contributed by atoms with Crippen LogP contribution in [0.1, 0.15) is 30.8 Å². The van der Waals surface area contributed by atoms with Crippen molar-refractivity contribution in [2.45, 2.75) is 26.3 Å². The van der Waals surface area contributed by atoms with E-state index in [1.165, 1.54) is 0 Å². The third-order valence-electron chi connectivity index (χ3n) is 2.80. The molecule has 0 amide bonds. The number of rotatable bonds is 4. The molecule has 96 valence electrons. The molecule has 5 nitrogen and oxygen atoms in total. The van der Waals surface area contributed by atoms with E-state index in [-0.39, 0.29) is 6.04 Å². The quantitative estimate of drug-likeness (QED) is 0.898. The molecule has 2 rings (SSSR count). The molecule has 18 heavy (non-hydrogen) atoms. The van der Waals surface area contributed by atoms with Crippen molar-refractivity contribution in [1.29, 1.82) is 0 Å². The zero-order valence-electron chi connectivity index (χ0n) is 10.8. The van der Waals surface area contributed by atoms with Crippen LogP contribution in [0.3, 0.4) is 0 Å². The van der Waals surface area contributed by atoms with E-state index in [1.807, 2.05) is 32.0 Å². The van der Waals surface area contributed by atoms with Gasteiger partial charge in [-0.2, -0.15) is 4.98 Å². The van der Waals surface area contributed by atoms with Gasteiger partial charge in [-0.15, -0.1) is 0 Å². The normalized spacial score (nSPS) is 12.4. The zero-order valence-corrected chi connectivity index (χ0v) is 10.8. The fourth-order valence-electron chi connectivity index (χ4n) is 1.65. The van der Waals surface area contributed by atoms with Gasteiger partial charge in [-0.05, 0) is 31.0 Å². The largest absolute Gasteiger partial charge is 0.496 e. The van der Waals surface area contributed by atoms with Gasteiger partial charge in [-0.25, -0.2) is 0 Å². The lowest BCUT2D eigenvalue weighted by Gasteiger charge is -2.05. The minimum absolute atomic E-state index is 0.220. The number of aryl methyl sites for hydroxylation is 1. The monoisotopic (exact) mass is 247 g/mol. The maximum Gasteiger partial charge on any atom is 0.243 e. The van der Waals surface area contributed by atoms with Crippen LogP contribution in [0.15, 0.2) is 22.7 Å². The Labute approximate surface area is 106 Å². The van der Waals surface area contributed by atoms with Gasteiger partial charge >= 0.3 is 0 Å². The van der Waals surface area contributed by atoms with Crippen molar-refractivity contribution in [3.8, 4) is 17.1 Å². The second-order valence-corrected chi connectivity index (χ2v) is 4.17. The molecule has 0 fully saturated rings. The lowest BCUT2D eigenvalue weighted by molar-refractivity contribution is 0.352. The summed E-state index contributed by atoms with van der Waals surface area (Å²) in [6.45, 7) is 3.97. The van der Waals surface area contributed by atoms with Crippen LogP contribution in [0.4, 0.5) is 0 Å². The van der Waals surface area contributed by atoms with Crippen LogP contribution >= 0.6 is 0 Å². The van der Waals surface area contributed by atoms with Gasteiger partial charge < -0.3 is 15.0 Å². The van der Waals surface area contributed by atoms with E-state index in [1.54, 1.807) is 7.11 Å². The van der Waals surface area contributed by atoms with Crippen molar-refractivity contribution in [3.05, 3.63) is 29.7 Å². The highest BCUT2D eigenvalue weighted by Crippen LogP contribution is 2.29. The maximum absolute atomic E-state index is 5.85. The predicted octanol–water partition coefficient (Wildman–Crippen LogP) is 2.46. The predicted molar refractivity (Wildman–Crippen MR) is 68.2 cm³/mol. The highest BCUT2D eigenvalue weighted by atomic mass is 16.5. The van der Waals surface area contributed by atoms with Crippen molar-refractivity contribution in [1.82, 2.24) is 10.1 Å². The number of hydrogen-bond acceptors (Lipinski definition) is 5. The number of nitrogens with zero attached hydrogens (tertiary/aromatic N) is 2. The van der Waals surface area contributed by atoms with E-state index in [0.29, 0.717) is 11.7 Å². The Hall–Kier alpha value is -1.88. The van der Waals surface area contributed by atoms with Gasteiger partial charge in [0.05, 0.1) is 18.7 Å². The Balaban J connectivity index is 2.39. The molecule has 1 heterocycles. The maximum atomic E-state index is 5.85. The van der Waals surface area contributed by atoms with Crippen LogP contribution in [0, 0.1) is 6.92 Å². The third-order valence-corrected chi connectivity index (χ3v) is 2.80. The Morgan fingerprint density at radius 3 is 2.89 bits per heavy atom. The summed E-state index contributed by atoms with van der Waals surface area (Å²) in [5.74, 6) is 1.69. The molecule has 2 N–H and O–H groups in total. The first-order valence-corrected chi connectivity index (χ1v) is 5.90. The molecule has 0 radical (unpaired) electrons. The van der Waals surface area contributed by atoms with Crippen LogP contribution in [-0.4, -0.2) is 17.3 Å². The Morgan fingerprint density at radius 1 is 1.44 bits per heavy atom.